The summed E-state index contributed by atoms with van der Waals surface area (Å²) < 4.78 is 13.9. The maximum Gasteiger partial charge on any atom is 0.137 e. The second-order valence-electron chi connectivity index (χ2n) is 5.08. The van der Waals surface area contributed by atoms with Gasteiger partial charge in [-0.25, -0.2) is 4.39 Å². The first kappa shape index (κ1) is 13.0. The summed E-state index contributed by atoms with van der Waals surface area (Å²) in [6, 6.07) is 5.32. The molecule has 1 saturated heterocycles. The Hall–Kier alpha value is -0.450. The summed E-state index contributed by atoms with van der Waals surface area (Å²) in [5.41, 5.74) is 0.0831. The summed E-state index contributed by atoms with van der Waals surface area (Å²) in [6.45, 7) is 2.73. The molecule has 1 aliphatic rings. The Morgan fingerprint density at radius 2 is 2.29 bits per heavy atom. The van der Waals surface area contributed by atoms with E-state index in [0.717, 1.165) is 12.0 Å². The first-order valence-electron chi connectivity index (χ1n) is 5.77. The molecule has 0 aromatic heterocycles. The number of hydrogen-bond donors (Lipinski definition) is 1. The molecule has 1 aromatic rings. The minimum atomic E-state index is -0.746. The Balaban J connectivity index is 2.19. The van der Waals surface area contributed by atoms with Crippen LogP contribution < -0.4 is 0 Å². The van der Waals surface area contributed by atoms with Gasteiger partial charge in [-0.15, -0.1) is 0 Å². The fourth-order valence-electron chi connectivity index (χ4n) is 2.56. The van der Waals surface area contributed by atoms with Crippen molar-refractivity contribution >= 4 is 15.9 Å². The van der Waals surface area contributed by atoms with Crippen LogP contribution in [0, 0.1) is 5.82 Å². The Morgan fingerprint density at radius 1 is 1.59 bits per heavy atom. The van der Waals surface area contributed by atoms with Gasteiger partial charge in [-0.05, 0) is 48.0 Å². The number of benzene rings is 1. The third kappa shape index (κ3) is 2.69. The predicted molar refractivity (Wildman–Crippen MR) is 69.5 cm³/mol. The highest BCUT2D eigenvalue weighted by Gasteiger charge is 2.39. The average molecular weight is 302 g/mol. The van der Waals surface area contributed by atoms with Crippen LogP contribution in [-0.4, -0.2) is 35.2 Å². The molecule has 0 saturated carbocycles. The minimum absolute atomic E-state index is 0.273. The Bertz CT molecular complexity index is 414. The Morgan fingerprint density at radius 3 is 2.88 bits per heavy atom. The van der Waals surface area contributed by atoms with E-state index in [2.05, 4.69) is 27.8 Å². The van der Waals surface area contributed by atoms with Crippen LogP contribution >= 0.6 is 15.9 Å². The van der Waals surface area contributed by atoms with Gasteiger partial charge in [0, 0.05) is 19.0 Å². The highest BCUT2D eigenvalue weighted by Crippen LogP contribution is 2.32. The van der Waals surface area contributed by atoms with Gasteiger partial charge in [-0.1, -0.05) is 12.1 Å². The number of hydrogen-bond acceptors (Lipinski definition) is 2. The number of likely N-dealkylation sites (tertiary alicyclic amines) is 1. The molecule has 2 rings (SSSR count). The zero-order chi connectivity index (χ0) is 12.6. The molecule has 1 N–H and O–H groups in total. The molecule has 2 atom stereocenters. The first-order valence-corrected chi connectivity index (χ1v) is 6.56. The molecule has 1 fully saturated rings. The lowest BCUT2D eigenvalue weighted by atomic mass is 9.92. The highest BCUT2D eigenvalue weighted by molar-refractivity contribution is 9.10. The molecule has 2 nitrogen and oxygen atoms in total. The summed E-state index contributed by atoms with van der Waals surface area (Å²) in [7, 11) is 2.00. The number of likely N-dealkylation sites (N-methyl/N-ethyl adjacent to an activating group) is 1. The average Bonchev–Trinajstić information content (AvgIpc) is 2.48. The van der Waals surface area contributed by atoms with Gasteiger partial charge in [0.1, 0.15) is 5.82 Å². The topological polar surface area (TPSA) is 23.5 Å². The molecule has 0 radical (unpaired) electrons. The standard InChI is InChI=1S/C13H17BrFNO/c1-9-6-13(17,8-16(9)2)7-10-4-3-5-11(15)12(10)14/h3-5,9,17H,6-8H2,1-2H3. The van der Waals surface area contributed by atoms with Crippen molar-refractivity contribution in [1.82, 2.24) is 4.90 Å². The van der Waals surface area contributed by atoms with Gasteiger partial charge in [-0.3, -0.25) is 0 Å². The smallest absolute Gasteiger partial charge is 0.137 e. The van der Waals surface area contributed by atoms with Crippen molar-refractivity contribution in [2.75, 3.05) is 13.6 Å². The van der Waals surface area contributed by atoms with Gasteiger partial charge in [0.2, 0.25) is 0 Å². The molecule has 0 amide bonds. The fraction of sp³-hybridized carbons (Fsp3) is 0.538. The minimum Gasteiger partial charge on any atom is -0.388 e. The SMILES string of the molecule is CC1CC(O)(Cc2cccc(F)c2Br)CN1C. The lowest BCUT2D eigenvalue weighted by molar-refractivity contribution is 0.0518. The van der Waals surface area contributed by atoms with Crippen molar-refractivity contribution in [3.05, 3.63) is 34.1 Å². The summed E-state index contributed by atoms with van der Waals surface area (Å²) in [4.78, 5) is 2.13. The summed E-state index contributed by atoms with van der Waals surface area (Å²) in [5, 5.41) is 10.5. The molecule has 17 heavy (non-hydrogen) atoms. The first-order chi connectivity index (χ1) is 7.91. The summed E-state index contributed by atoms with van der Waals surface area (Å²) in [5.74, 6) is -0.273. The van der Waals surface area contributed by atoms with Gasteiger partial charge in [0.05, 0.1) is 10.1 Å². The van der Waals surface area contributed by atoms with E-state index in [9.17, 15) is 9.50 Å². The van der Waals surface area contributed by atoms with Crippen molar-refractivity contribution in [1.29, 1.82) is 0 Å². The number of halogens is 2. The highest BCUT2D eigenvalue weighted by atomic mass is 79.9. The monoisotopic (exact) mass is 301 g/mol. The second-order valence-corrected chi connectivity index (χ2v) is 5.88. The maximum absolute atomic E-state index is 13.4. The van der Waals surface area contributed by atoms with E-state index in [1.165, 1.54) is 6.07 Å². The second kappa shape index (κ2) is 4.67. The molecule has 1 aliphatic heterocycles. The number of rotatable bonds is 2. The van der Waals surface area contributed by atoms with E-state index in [1.54, 1.807) is 6.07 Å². The van der Waals surface area contributed by atoms with Crippen LogP contribution in [0.4, 0.5) is 4.39 Å². The third-order valence-corrected chi connectivity index (χ3v) is 4.41. The van der Waals surface area contributed by atoms with Gasteiger partial charge in [0.25, 0.3) is 0 Å². The number of nitrogens with zero attached hydrogens (tertiary/aromatic N) is 1. The zero-order valence-corrected chi connectivity index (χ0v) is 11.7. The Kier molecular flexibility index (Phi) is 3.57. The van der Waals surface area contributed by atoms with Crippen LogP contribution in [-0.2, 0) is 6.42 Å². The molecular formula is C13H17BrFNO. The van der Waals surface area contributed by atoms with Crippen LogP contribution in [0.25, 0.3) is 0 Å². The van der Waals surface area contributed by atoms with Gasteiger partial charge in [0.15, 0.2) is 0 Å². The summed E-state index contributed by atoms with van der Waals surface area (Å²) in [6.07, 6.45) is 1.21. The number of β-amino-alcohol motifs (C(OH)–C–C–N with tert-alkyl or cyclic N) is 1. The molecular weight excluding hydrogens is 285 g/mol. The predicted octanol–water partition coefficient (Wildman–Crippen LogP) is 2.59. The molecule has 0 bridgehead atoms. The van der Waals surface area contributed by atoms with E-state index in [1.807, 2.05) is 13.1 Å². The van der Waals surface area contributed by atoms with E-state index in [0.29, 0.717) is 23.5 Å². The van der Waals surface area contributed by atoms with E-state index in [4.69, 9.17) is 0 Å². The lowest BCUT2D eigenvalue weighted by Crippen LogP contribution is -2.34. The van der Waals surface area contributed by atoms with E-state index < -0.39 is 5.60 Å². The van der Waals surface area contributed by atoms with Gasteiger partial charge in [-0.2, -0.15) is 0 Å². The fourth-order valence-corrected chi connectivity index (χ4v) is 2.96. The third-order valence-electron chi connectivity index (χ3n) is 3.52. The largest absolute Gasteiger partial charge is 0.388 e. The van der Waals surface area contributed by atoms with E-state index >= 15 is 0 Å². The molecule has 1 aromatic carbocycles. The van der Waals surface area contributed by atoms with Crippen LogP contribution in [0.3, 0.4) is 0 Å². The van der Waals surface area contributed by atoms with E-state index in [-0.39, 0.29) is 5.82 Å². The van der Waals surface area contributed by atoms with Crippen molar-refractivity contribution in [3.8, 4) is 0 Å². The molecule has 2 unspecified atom stereocenters. The maximum atomic E-state index is 13.4. The quantitative estimate of drug-likeness (QED) is 0.907. The van der Waals surface area contributed by atoms with Crippen molar-refractivity contribution in [2.24, 2.45) is 0 Å². The lowest BCUT2D eigenvalue weighted by Gasteiger charge is -2.23. The van der Waals surface area contributed by atoms with Crippen LogP contribution in [0.5, 0.6) is 0 Å². The van der Waals surface area contributed by atoms with Crippen LogP contribution in [0.15, 0.2) is 22.7 Å². The van der Waals surface area contributed by atoms with Crippen LogP contribution in [0.1, 0.15) is 18.9 Å². The van der Waals surface area contributed by atoms with Gasteiger partial charge >= 0.3 is 0 Å². The van der Waals surface area contributed by atoms with Crippen molar-refractivity contribution in [2.45, 2.75) is 31.4 Å². The molecule has 0 spiro atoms. The molecule has 0 aliphatic carbocycles. The molecule has 1 heterocycles. The molecule has 94 valence electrons. The Labute approximate surface area is 110 Å². The van der Waals surface area contributed by atoms with Crippen molar-refractivity contribution < 1.29 is 9.50 Å². The molecule has 4 heteroatoms. The normalized spacial score (nSPS) is 29.8. The van der Waals surface area contributed by atoms with Crippen LogP contribution in [0.2, 0.25) is 0 Å². The van der Waals surface area contributed by atoms with Gasteiger partial charge < -0.3 is 10.0 Å². The zero-order valence-electron chi connectivity index (χ0n) is 10.1. The van der Waals surface area contributed by atoms with Crippen molar-refractivity contribution in [3.63, 3.8) is 0 Å². The number of aliphatic hydroxyl groups is 1. The summed E-state index contributed by atoms with van der Waals surface area (Å²) >= 11 is 3.24.